The molecule has 1 aromatic heterocycles. The number of benzene rings is 2. The lowest BCUT2D eigenvalue weighted by Gasteiger charge is -2.06. The number of nitrogens with zero attached hydrogens (tertiary/aromatic N) is 2. The lowest BCUT2D eigenvalue weighted by molar-refractivity contribution is -0.143. The summed E-state index contributed by atoms with van der Waals surface area (Å²) in [5, 5.41) is 0. The first-order valence-electron chi connectivity index (χ1n) is 9.54. The summed E-state index contributed by atoms with van der Waals surface area (Å²) in [5.74, 6) is -0.245. The minimum Gasteiger partial charge on any atom is -0.494 e. The van der Waals surface area contributed by atoms with Crippen molar-refractivity contribution in [1.29, 1.82) is 0 Å². The van der Waals surface area contributed by atoms with Crippen molar-refractivity contribution in [2.24, 2.45) is 4.99 Å². The fourth-order valence-electron chi connectivity index (χ4n) is 2.88. The monoisotopic (exact) mass is 426 g/mol. The highest BCUT2D eigenvalue weighted by atomic mass is 32.1. The second kappa shape index (κ2) is 9.49. The summed E-state index contributed by atoms with van der Waals surface area (Å²) in [4.78, 5) is 40.9. The van der Waals surface area contributed by atoms with Crippen LogP contribution < -0.4 is 9.54 Å². The molecule has 0 saturated carbocycles. The largest absolute Gasteiger partial charge is 0.494 e. The summed E-state index contributed by atoms with van der Waals surface area (Å²) >= 11 is 1.29. The molecule has 0 aliphatic carbocycles. The first-order valence-corrected chi connectivity index (χ1v) is 10.4. The molecule has 0 spiro atoms. The van der Waals surface area contributed by atoms with Crippen LogP contribution in [-0.4, -0.2) is 35.4 Å². The number of amides is 1. The minimum atomic E-state index is -0.459. The van der Waals surface area contributed by atoms with Crippen LogP contribution in [0.15, 0.2) is 47.5 Å². The Morgan fingerprint density at radius 3 is 2.33 bits per heavy atom. The molecule has 0 aliphatic heterocycles. The number of carbonyl (C=O) groups excluding carboxylic acids is 3. The highest BCUT2D eigenvalue weighted by Gasteiger charge is 2.14. The van der Waals surface area contributed by atoms with E-state index in [1.54, 1.807) is 35.8 Å². The second-order valence-corrected chi connectivity index (χ2v) is 7.40. The van der Waals surface area contributed by atoms with Crippen LogP contribution in [0.4, 0.5) is 0 Å². The van der Waals surface area contributed by atoms with Gasteiger partial charge >= 0.3 is 5.97 Å². The third-order valence-electron chi connectivity index (χ3n) is 4.29. The maximum atomic E-state index is 12.7. The third kappa shape index (κ3) is 4.83. The van der Waals surface area contributed by atoms with Crippen LogP contribution in [0.1, 0.15) is 41.5 Å². The first-order chi connectivity index (χ1) is 14.4. The van der Waals surface area contributed by atoms with Crippen molar-refractivity contribution in [3.8, 4) is 5.75 Å². The van der Waals surface area contributed by atoms with E-state index in [9.17, 15) is 14.4 Å². The summed E-state index contributed by atoms with van der Waals surface area (Å²) in [6.45, 7) is 5.85. The van der Waals surface area contributed by atoms with Gasteiger partial charge in [-0.2, -0.15) is 4.99 Å². The highest BCUT2D eigenvalue weighted by Crippen LogP contribution is 2.23. The number of rotatable bonds is 7. The molecule has 7 nitrogen and oxygen atoms in total. The van der Waals surface area contributed by atoms with Crippen molar-refractivity contribution in [2.75, 3.05) is 13.2 Å². The molecule has 1 heterocycles. The third-order valence-corrected chi connectivity index (χ3v) is 5.33. The molecular weight excluding hydrogens is 404 g/mol. The van der Waals surface area contributed by atoms with Gasteiger partial charge in [0.05, 0.1) is 23.4 Å². The summed E-state index contributed by atoms with van der Waals surface area (Å²) in [7, 11) is 0. The van der Waals surface area contributed by atoms with E-state index in [-0.39, 0.29) is 18.9 Å². The summed E-state index contributed by atoms with van der Waals surface area (Å²) in [6, 6.07) is 11.8. The van der Waals surface area contributed by atoms with Crippen LogP contribution in [0.3, 0.4) is 0 Å². The van der Waals surface area contributed by atoms with E-state index < -0.39 is 11.9 Å². The van der Waals surface area contributed by atoms with Crippen molar-refractivity contribution < 1.29 is 23.9 Å². The van der Waals surface area contributed by atoms with Gasteiger partial charge in [0.1, 0.15) is 12.3 Å². The number of ether oxygens (including phenoxy) is 2. The van der Waals surface area contributed by atoms with Gasteiger partial charge in [0.15, 0.2) is 10.6 Å². The standard InChI is InChI=1S/C22H22N2O5S/c1-4-28-17-10-11-18-19(12-17)30-22(24(18)13-20(26)29-5-2)23-21(27)16-8-6-15(7-9-16)14(3)25/h6-12H,4-5,13H2,1-3H3. The number of aromatic nitrogens is 1. The van der Waals surface area contributed by atoms with E-state index in [1.807, 2.05) is 25.1 Å². The van der Waals surface area contributed by atoms with Crippen molar-refractivity contribution >= 4 is 39.2 Å². The van der Waals surface area contributed by atoms with Crippen LogP contribution in [0, 0.1) is 0 Å². The second-order valence-electron chi connectivity index (χ2n) is 6.39. The van der Waals surface area contributed by atoms with Crippen LogP contribution in [-0.2, 0) is 16.1 Å². The van der Waals surface area contributed by atoms with Crippen LogP contribution in [0.2, 0.25) is 0 Å². The van der Waals surface area contributed by atoms with Gasteiger partial charge in [0.2, 0.25) is 0 Å². The Hall–Kier alpha value is -3.26. The Morgan fingerprint density at radius 1 is 1.00 bits per heavy atom. The van der Waals surface area contributed by atoms with Gasteiger partial charge in [0.25, 0.3) is 5.91 Å². The first kappa shape index (κ1) is 21.4. The van der Waals surface area contributed by atoms with E-state index in [0.29, 0.717) is 28.3 Å². The molecule has 3 rings (SSSR count). The van der Waals surface area contributed by atoms with Gasteiger partial charge in [-0.15, -0.1) is 0 Å². The average molecular weight is 426 g/mol. The van der Waals surface area contributed by atoms with Gasteiger partial charge in [-0.3, -0.25) is 14.4 Å². The molecule has 1 amide bonds. The predicted molar refractivity (Wildman–Crippen MR) is 114 cm³/mol. The lowest BCUT2D eigenvalue weighted by Crippen LogP contribution is -2.23. The Balaban J connectivity index is 2.05. The SMILES string of the molecule is CCOC(=O)Cn1c(=NC(=O)c2ccc(C(C)=O)cc2)sc2cc(OCC)ccc21. The van der Waals surface area contributed by atoms with Gasteiger partial charge in [-0.05, 0) is 51.1 Å². The van der Waals surface area contributed by atoms with Gasteiger partial charge < -0.3 is 14.0 Å². The predicted octanol–water partition coefficient (Wildman–Crippen LogP) is 3.61. The van der Waals surface area contributed by atoms with E-state index in [0.717, 1.165) is 10.2 Å². The number of carbonyl (C=O) groups is 3. The summed E-state index contributed by atoms with van der Waals surface area (Å²) < 4.78 is 13.1. The summed E-state index contributed by atoms with van der Waals surface area (Å²) in [6.07, 6.45) is 0. The van der Waals surface area contributed by atoms with E-state index in [1.165, 1.54) is 18.3 Å². The Morgan fingerprint density at radius 2 is 1.70 bits per heavy atom. The number of ketones is 1. The molecule has 156 valence electrons. The minimum absolute atomic E-state index is 0.0583. The molecule has 0 N–H and O–H groups in total. The molecule has 30 heavy (non-hydrogen) atoms. The zero-order valence-electron chi connectivity index (χ0n) is 17.0. The van der Waals surface area contributed by atoms with Gasteiger partial charge in [0, 0.05) is 11.1 Å². The quantitative estimate of drug-likeness (QED) is 0.425. The number of Topliss-reactive ketones (excluding diaryl/α,β-unsaturated/α-hetero) is 1. The van der Waals surface area contributed by atoms with Gasteiger partial charge in [-0.25, -0.2) is 0 Å². The molecular formula is C22H22N2O5S. The zero-order valence-corrected chi connectivity index (χ0v) is 17.8. The number of hydrogen-bond acceptors (Lipinski definition) is 6. The molecule has 0 bridgehead atoms. The van der Waals surface area contributed by atoms with E-state index >= 15 is 0 Å². The molecule has 8 heteroatoms. The fourth-order valence-corrected chi connectivity index (χ4v) is 3.94. The van der Waals surface area contributed by atoms with Crippen LogP contribution in [0.5, 0.6) is 5.75 Å². The highest BCUT2D eigenvalue weighted by molar-refractivity contribution is 7.16. The molecule has 3 aromatic rings. The summed E-state index contributed by atoms with van der Waals surface area (Å²) in [5.41, 5.74) is 1.64. The van der Waals surface area contributed by atoms with Crippen molar-refractivity contribution in [3.05, 3.63) is 58.4 Å². The fraction of sp³-hybridized carbons (Fsp3) is 0.273. The molecule has 0 saturated heterocycles. The smallest absolute Gasteiger partial charge is 0.326 e. The number of hydrogen-bond donors (Lipinski definition) is 0. The number of thiazole rings is 1. The molecule has 0 fully saturated rings. The number of esters is 1. The maximum absolute atomic E-state index is 12.7. The van der Waals surface area contributed by atoms with E-state index in [4.69, 9.17) is 9.47 Å². The Bertz CT molecular complexity index is 1160. The van der Waals surface area contributed by atoms with Crippen molar-refractivity contribution in [1.82, 2.24) is 4.57 Å². The van der Waals surface area contributed by atoms with Crippen LogP contribution in [0.25, 0.3) is 10.2 Å². The van der Waals surface area contributed by atoms with Crippen LogP contribution >= 0.6 is 11.3 Å². The van der Waals surface area contributed by atoms with Crippen molar-refractivity contribution in [3.63, 3.8) is 0 Å². The lowest BCUT2D eigenvalue weighted by atomic mass is 10.1. The molecule has 0 unspecified atom stereocenters. The Labute approximate surface area is 177 Å². The molecule has 2 aromatic carbocycles. The molecule has 0 radical (unpaired) electrons. The number of fused-ring (bicyclic) bond motifs is 1. The Kier molecular flexibility index (Phi) is 6.79. The van der Waals surface area contributed by atoms with Gasteiger partial charge in [-0.1, -0.05) is 23.5 Å². The maximum Gasteiger partial charge on any atom is 0.326 e. The average Bonchev–Trinajstić information content (AvgIpc) is 3.04. The normalized spacial score (nSPS) is 11.5. The van der Waals surface area contributed by atoms with Crippen molar-refractivity contribution in [2.45, 2.75) is 27.3 Å². The molecule has 0 atom stereocenters. The molecule has 0 aliphatic rings. The zero-order chi connectivity index (χ0) is 21.7. The van der Waals surface area contributed by atoms with E-state index in [2.05, 4.69) is 4.99 Å². The topological polar surface area (TPSA) is 87.0 Å².